The maximum Gasteiger partial charge on any atom is 0.146 e. The van der Waals surface area contributed by atoms with E-state index in [-0.39, 0.29) is 11.2 Å². The molecule has 1 fully saturated rings. The fourth-order valence-corrected chi connectivity index (χ4v) is 2.92. The van der Waals surface area contributed by atoms with Crippen LogP contribution in [-0.4, -0.2) is 28.7 Å². The van der Waals surface area contributed by atoms with Gasteiger partial charge in [-0.05, 0) is 26.3 Å². The number of nitrogens with zero attached hydrogens (tertiary/aromatic N) is 2. The number of carbonyl (C=O) groups is 1. The average molecular weight is 270 g/mol. The number of nitrogens with one attached hydrogen (secondary N) is 1. The van der Waals surface area contributed by atoms with E-state index >= 15 is 0 Å². The molecule has 0 aliphatic carbocycles. The van der Waals surface area contributed by atoms with Crippen LogP contribution < -0.4 is 5.32 Å². The molecule has 1 atom stereocenters. The summed E-state index contributed by atoms with van der Waals surface area (Å²) in [6.45, 7) is 5.67. The lowest BCUT2D eigenvalue weighted by Gasteiger charge is -2.24. The average Bonchev–Trinajstić information content (AvgIpc) is 2.91. The van der Waals surface area contributed by atoms with Crippen molar-refractivity contribution in [1.82, 2.24) is 15.1 Å². The molecule has 4 nitrogen and oxygen atoms in total. The minimum absolute atomic E-state index is 0.207. The molecule has 1 saturated heterocycles. The van der Waals surface area contributed by atoms with Crippen LogP contribution in [0.5, 0.6) is 0 Å². The molecule has 1 aromatic heterocycles. The van der Waals surface area contributed by atoms with Crippen molar-refractivity contribution < 1.29 is 4.79 Å². The van der Waals surface area contributed by atoms with Crippen molar-refractivity contribution in [2.45, 2.75) is 33.1 Å². The van der Waals surface area contributed by atoms with Gasteiger partial charge >= 0.3 is 0 Å². The van der Waals surface area contributed by atoms with Crippen molar-refractivity contribution in [3.8, 4) is 0 Å². The summed E-state index contributed by atoms with van der Waals surface area (Å²) in [5.41, 5.74) is 1.41. The fourth-order valence-electron chi connectivity index (χ4n) is 2.69. The van der Waals surface area contributed by atoms with E-state index in [0.29, 0.717) is 11.4 Å². The zero-order chi connectivity index (χ0) is 13.3. The van der Waals surface area contributed by atoms with Gasteiger partial charge in [0.25, 0.3) is 0 Å². The van der Waals surface area contributed by atoms with E-state index < -0.39 is 0 Å². The number of aromatic nitrogens is 2. The first-order valence-corrected chi connectivity index (χ1v) is 6.80. The molecule has 0 amide bonds. The Labute approximate surface area is 113 Å². The highest BCUT2D eigenvalue weighted by molar-refractivity contribution is 6.32. The zero-order valence-corrected chi connectivity index (χ0v) is 12.0. The van der Waals surface area contributed by atoms with Crippen molar-refractivity contribution in [2.24, 2.45) is 12.5 Å². The molecule has 100 valence electrons. The molecule has 1 aliphatic rings. The van der Waals surface area contributed by atoms with Gasteiger partial charge in [0.2, 0.25) is 0 Å². The summed E-state index contributed by atoms with van der Waals surface area (Å²) in [6.07, 6.45) is 2.19. The van der Waals surface area contributed by atoms with E-state index in [0.717, 1.165) is 37.3 Å². The molecule has 18 heavy (non-hydrogen) atoms. The molecule has 0 radical (unpaired) electrons. The van der Waals surface area contributed by atoms with Crippen molar-refractivity contribution in [1.29, 1.82) is 0 Å². The Kier molecular flexibility index (Phi) is 3.78. The number of hydrogen-bond donors (Lipinski definition) is 1. The highest BCUT2D eigenvalue weighted by Crippen LogP contribution is 2.33. The molecule has 5 heteroatoms. The number of carbonyl (C=O) groups excluding carboxylic acids is 1. The van der Waals surface area contributed by atoms with Crippen molar-refractivity contribution in [3.05, 3.63) is 16.4 Å². The number of hydrogen-bond acceptors (Lipinski definition) is 3. The molecular weight excluding hydrogens is 250 g/mol. The predicted octanol–water partition coefficient (Wildman–Crippen LogP) is 1.88. The lowest BCUT2D eigenvalue weighted by atomic mass is 9.78. The Morgan fingerprint density at radius 1 is 1.61 bits per heavy atom. The topological polar surface area (TPSA) is 46.9 Å². The number of aryl methyl sites for hydroxylation is 2. The minimum Gasteiger partial charge on any atom is -0.316 e. The summed E-state index contributed by atoms with van der Waals surface area (Å²) in [5.74, 6) is 0.278. The molecule has 0 saturated carbocycles. The molecule has 2 heterocycles. The Balaban J connectivity index is 2.21. The molecule has 1 aromatic rings. The largest absolute Gasteiger partial charge is 0.316 e. The van der Waals surface area contributed by atoms with Gasteiger partial charge in [-0.2, -0.15) is 5.10 Å². The smallest absolute Gasteiger partial charge is 0.146 e. The maximum absolute atomic E-state index is 12.5. The predicted molar refractivity (Wildman–Crippen MR) is 71.9 cm³/mol. The fraction of sp³-hybridized carbons (Fsp3) is 0.692. The SMILES string of the molecule is CCC1(C(=O)Cc2c(Cl)c(C)nn2C)CCNC1. The van der Waals surface area contributed by atoms with Crippen LogP contribution in [0.3, 0.4) is 0 Å². The first-order chi connectivity index (χ1) is 8.50. The normalized spacial score (nSPS) is 23.6. The molecule has 1 aliphatic heterocycles. The first kappa shape index (κ1) is 13.6. The molecule has 0 aromatic carbocycles. The summed E-state index contributed by atoms with van der Waals surface area (Å²) < 4.78 is 1.72. The van der Waals surface area contributed by atoms with E-state index in [4.69, 9.17) is 11.6 Å². The summed E-state index contributed by atoms with van der Waals surface area (Å²) in [4.78, 5) is 12.5. The summed E-state index contributed by atoms with van der Waals surface area (Å²) in [7, 11) is 1.84. The van der Waals surface area contributed by atoms with Crippen molar-refractivity contribution in [3.63, 3.8) is 0 Å². The summed E-state index contributed by atoms with van der Waals surface area (Å²) in [6, 6.07) is 0. The maximum atomic E-state index is 12.5. The Hall–Kier alpha value is -0.870. The van der Waals surface area contributed by atoms with Crippen LogP contribution in [0.2, 0.25) is 5.02 Å². The summed E-state index contributed by atoms with van der Waals surface area (Å²) >= 11 is 6.20. The lowest BCUT2D eigenvalue weighted by Crippen LogP contribution is -2.34. The zero-order valence-electron chi connectivity index (χ0n) is 11.2. The van der Waals surface area contributed by atoms with Crippen LogP contribution in [0, 0.1) is 12.3 Å². The molecule has 1 N–H and O–H groups in total. The van der Waals surface area contributed by atoms with Gasteiger partial charge in [-0.25, -0.2) is 0 Å². The van der Waals surface area contributed by atoms with E-state index in [1.54, 1.807) is 4.68 Å². The van der Waals surface area contributed by atoms with Gasteiger partial charge in [0, 0.05) is 19.0 Å². The third-order valence-corrected chi connectivity index (χ3v) is 4.59. The summed E-state index contributed by atoms with van der Waals surface area (Å²) in [5, 5.41) is 8.17. The minimum atomic E-state index is -0.207. The van der Waals surface area contributed by atoms with E-state index in [2.05, 4.69) is 17.3 Å². The highest BCUT2D eigenvalue weighted by atomic mass is 35.5. The van der Waals surface area contributed by atoms with E-state index in [9.17, 15) is 4.79 Å². The number of halogens is 1. The number of rotatable bonds is 4. The van der Waals surface area contributed by atoms with Crippen molar-refractivity contribution in [2.75, 3.05) is 13.1 Å². The van der Waals surface area contributed by atoms with Gasteiger partial charge in [-0.3, -0.25) is 9.48 Å². The molecule has 2 rings (SSSR count). The van der Waals surface area contributed by atoms with Crippen LogP contribution in [0.1, 0.15) is 31.2 Å². The van der Waals surface area contributed by atoms with Crippen LogP contribution in [0.15, 0.2) is 0 Å². The highest BCUT2D eigenvalue weighted by Gasteiger charge is 2.39. The van der Waals surface area contributed by atoms with Gasteiger partial charge in [0.15, 0.2) is 0 Å². The Morgan fingerprint density at radius 2 is 2.33 bits per heavy atom. The Morgan fingerprint density at radius 3 is 2.78 bits per heavy atom. The third-order valence-electron chi connectivity index (χ3n) is 4.10. The molecule has 1 unspecified atom stereocenters. The van der Waals surface area contributed by atoms with Gasteiger partial charge in [0.1, 0.15) is 5.78 Å². The molecular formula is C13H20ClN3O. The van der Waals surface area contributed by atoms with Crippen LogP contribution >= 0.6 is 11.6 Å². The lowest BCUT2D eigenvalue weighted by molar-refractivity contribution is -0.127. The van der Waals surface area contributed by atoms with Gasteiger partial charge in [0.05, 0.1) is 22.8 Å². The van der Waals surface area contributed by atoms with Crippen LogP contribution in [-0.2, 0) is 18.3 Å². The van der Waals surface area contributed by atoms with E-state index in [1.807, 2.05) is 14.0 Å². The third kappa shape index (κ3) is 2.19. The van der Waals surface area contributed by atoms with Gasteiger partial charge < -0.3 is 5.32 Å². The second kappa shape index (κ2) is 5.02. The van der Waals surface area contributed by atoms with Gasteiger partial charge in [-0.1, -0.05) is 18.5 Å². The quantitative estimate of drug-likeness (QED) is 0.908. The number of Topliss-reactive ketones (excluding diaryl/α,β-unsaturated/α-hetero) is 1. The number of ketones is 1. The second-order valence-corrected chi connectivity index (χ2v) is 5.51. The molecule has 0 bridgehead atoms. The monoisotopic (exact) mass is 269 g/mol. The van der Waals surface area contributed by atoms with Crippen LogP contribution in [0.25, 0.3) is 0 Å². The first-order valence-electron chi connectivity index (χ1n) is 6.42. The van der Waals surface area contributed by atoms with E-state index in [1.165, 1.54) is 0 Å². The Bertz CT molecular complexity index is 461. The van der Waals surface area contributed by atoms with Crippen LogP contribution in [0.4, 0.5) is 0 Å². The second-order valence-electron chi connectivity index (χ2n) is 5.13. The standard InChI is InChI=1S/C13H20ClN3O/c1-4-13(5-6-15-8-13)11(18)7-10-12(14)9(2)16-17(10)3/h15H,4-8H2,1-3H3. The van der Waals surface area contributed by atoms with Crippen molar-refractivity contribution >= 4 is 17.4 Å². The molecule has 0 spiro atoms. The van der Waals surface area contributed by atoms with Gasteiger partial charge in [-0.15, -0.1) is 0 Å².